The molecular formula is C11H16FN3S. The molecule has 1 aliphatic carbocycles. The van der Waals surface area contributed by atoms with E-state index < -0.39 is 0 Å². The SMILES string of the molecule is CC1CCCC(Sc2nc(N)ncc2F)C1. The zero-order valence-corrected chi connectivity index (χ0v) is 10.1. The highest BCUT2D eigenvalue weighted by Gasteiger charge is 2.21. The number of nitrogens with two attached hydrogens (primary N) is 1. The molecule has 1 aliphatic rings. The molecule has 0 spiro atoms. The van der Waals surface area contributed by atoms with Gasteiger partial charge in [-0.25, -0.2) is 14.4 Å². The Bertz CT molecular complexity index is 372. The van der Waals surface area contributed by atoms with Crippen molar-refractivity contribution in [1.82, 2.24) is 9.97 Å². The van der Waals surface area contributed by atoms with Crippen LogP contribution >= 0.6 is 11.8 Å². The second-order valence-corrected chi connectivity index (χ2v) is 5.68. The number of nitrogens with zero attached hydrogens (tertiary/aromatic N) is 2. The molecule has 1 saturated carbocycles. The van der Waals surface area contributed by atoms with Crippen LogP contribution in [-0.4, -0.2) is 15.2 Å². The maximum absolute atomic E-state index is 13.4. The van der Waals surface area contributed by atoms with Crippen LogP contribution in [0.25, 0.3) is 0 Å². The van der Waals surface area contributed by atoms with Crippen LogP contribution in [0.15, 0.2) is 11.2 Å². The van der Waals surface area contributed by atoms with E-state index in [9.17, 15) is 4.39 Å². The van der Waals surface area contributed by atoms with Crippen LogP contribution < -0.4 is 5.73 Å². The van der Waals surface area contributed by atoms with Gasteiger partial charge in [-0.3, -0.25) is 0 Å². The lowest BCUT2D eigenvalue weighted by atomic mass is 9.91. The molecular weight excluding hydrogens is 225 g/mol. The van der Waals surface area contributed by atoms with Gasteiger partial charge in [-0.1, -0.05) is 31.5 Å². The molecule has 2 rings (SSSR count). The zero-order chi connectivity index (χ0) is 11.5. The van der Waals surface area contributed by atoms with Crippen molar-refractivity contribution in [2.24, 2.45) is 5.92 Å². The summed E-state index contributed by atoms with van der Waals surface area (Å²) in [4.78, 5) is 7.57. The summed E-state index contributed by atoms with van der Waals surface area (Å²) in [5.74, 6) is 0.513. The van der Waals surface area contributed by atoms with Gasteiger partial charge in [-0.2, -0.15) is 0 Å². The second kappa shape index (κ2) is 4.99. The Morgan fingerprint density at radius 2 is 2.31 bits per heavy atom. The smallest absolute Gasteiger partial charge is 0.221 e. The highest BCUT2D eigenvalue weighted by molar-refractivity contribution is 7.99. The normalized spacial score (nSPS) is 25.6. The molecule has 1 aromatic heterocycles. The van der Waals surface area contributed by atoms with Crippen molar-refractivity contribution in [3.8, 4) is 0 Å². The third-order valence-electron chi connectivity index (χ3n) is 2.90. The minimum atomic E-state index is -0.363. The largest absolute Gasteiger partial charge is 0.368 e. The van der Waals surface area contributed by atoms with E-state index in [4.69, 9.17) is 5.73 Å². The van der Waals surface area contributed by atoms with Crippen LogP contribution in [-0.2, 0) is 0 Å². The monoisotopic (exact) mass is 241 g/mol. The van der Waals surface area contributed by atoms with Crippen molar-refractivity contribution in [2.75, 3.05) is 5.73 Å². The molecule has 1 fully saturated rings. The van der Waals surface area contributed by atoms with E-state index in [1.165, 1.54) is 24.6 Å². The summed E-state index contributed by atoms with van der Waals surface area (Å²) in [5.41, 5.74) is 5.46. The van der Waals surface area contributed by atoms with E-state index in [0.717, 1.165) is 25.0 Å². The Morgan fingerprint density at radius 3 is 3.06 bits per heavy atom. The molecule has 88 valence electrons. The minimum Gasteiger partial charge on any atom is -0.368 e. The van der Waals surface area contributed by atoms with Crippen LogP contribution in [0.2, 0.25) is 0 Å². The zero-order valence-electron chi connectivity index (χ0n) is 9.32. The third-order valence-corrected chi connectivity index (χ3v) is 4.17. The van der Waals surface area contributed by atoms with Gasteiger partial charge in [0.1, 0.15) is 5.03 Å². The van der Waals surface area contributed by atoms with E-state index in [1.54, 1.807) is 0 Å². The van der Waals surface area contributed by atoms with E-state index in [0.29, 0.717) is 10.3 Å². The minimum absolute atomic E-state index is 0.146. The molecule has 3 nitrogen and oxygen atoms in total. The van der Waals surface area contributed by atoms with Crippen molar-refractivity contribution in [1.29, 1.82) is 0 Å². The van der Waals surface area contributed by atoms with Crippen molar-refractivity contribution in [2.45, 2.75) is 42.9 Å². The van der Waals surface area contributed by atoms with Crippen LogP contribution in [0.3, 0.4) is 0 Å². The first-order valence-corrected chi connectivity index (χ1v) is 6.48. The van der Waals surface area contributed by atoms with Crippen molar-refractivity contribution in [3.05, 3.63) is 12.0 Å². The van der Waals surface area contributed by atoms with Crippen molar-refractivity contribution in [3.63, 3.8) is 0 Å². The molecule has 5 heteroatoms. The molecule has 2 atom stereocenters. The number of rotatable bonds is 2. The highest BCUT2D eigenvalue weighted by atomic mass is 32.2. The van der Waals surface area contributed by atoms with E-state index >= 15 is 0 Å². The fourth-order valence-corrected chi connectivity index (χ4v) is 3.43. The van der Waals surface area contributed by atoms with Crippen molar-refractivity contribution < 1.29 is 4.39 Å². The third kappa shape index (κ3) is 2.84. The average molecular weight is 241 g/mol. The standard InChI is InChI=1S/C11H16FN3S/c1-7-3-2-4-8(5-7)16-10-9(12)6-14-11(13)15-10/h6-8H,2-5H2,1H3,(H2,13,14,15). The molecule has 0 bridgehead atoms. The lowest BCUT2D eigenvalue weighted by molar-refractivity contribution is 0.393. The lowest BCUT2D eigenvalue weighted by Crippen LogP contribution is -2.15. The first-order valence-electron chi connectivity index (χ1n) is 5.60. The average Bonchev–Trinajstić information content (AvgIpc) is 2.24. The number of hydrogen-bond donors (Lipinski definition) is 1. The Labute approximate surface area is 99.0 Å². The molecule has 16 heavy (non-hydrogen) atoms. The summed E-state index contributed by atoms with van der Waals surface area (Å²) >= 11 is 1.50. The summed E-state index contributed by atoms with van der Waals surface area (Å²) in [6, 6.07) is 0. The number of nitrogen functional groups attached to an aromatic ring is 1. The maximum Gasteiger partial charge on any atom is 0.221 e. The van der Waals surface area contributed by atoms with E-state index in [2.05, 4.69) is 16.9 Å². The van der Waals surface area contributed by atoms with Crippen LogP contribution in [0.5, 0.6) is 0 Å². The molecule has 1 heterocycles. The first-order chi connectivity index (χ1) is 7.65. The van der Waals surface area contributed by atoms with Gasteiger partial charge in [-0.15, -0.1) is 0 Å². The van der Waals surface area contributed by atoms with Gasteiger partial charge in [0.25, 0.3) is 0 Å². The molecule has 0 radical (unpaired) electrons. The quantitative estimate of drug-likeness (QED) is 0.809. The Kier molecular flexibility index (Phi) is 3.63. The summed E-state index contributed by atoms with van der Waals surface area (Å²) in [6.07, 6.45) is 5.93. The van der Waals surface area contributed by atoms with Crippen molar-refractivity contribution >= 4 is 17.7 Å². The molecule has 0 aliphatic heterocycles. The predicted molar refractivity (Wildman–Crippen MR) is 63.7 cm³/mol. The van der Waals surface area contributed by atoms with Gasteiger partial charge in [0.2, 0.25) is 5.95 Å². The highest BCUT2D eigenvalue weighted by Crippen LogP contribution is 2.36. The van der Waals surface area contributed by atoms with Gasteiger partial charge >= 0.3 is 0 Å². The molecule has 0 aromatic carbocycles. The van der Waals surface area contributed by atoms with E-state index in [-0.39, 0.29) is 11.8 Å². The Morgan fingerprint density at radius 1 is 1.50 bits per heavy atom. The molecule has 2 unspecified atom stereocenters. The topological polar surface area (TPSA) is 51.8 Å². The number of halogens is 1. The molecule has 0 amide bonds. The van der Waals surface area contributed by atoms with Gasteiger partial charge in [-0.05, 0) is 18.8 Å². The lowest BCUT2D eigenvalue weighted by Gasteiger charge is -2.25. The van der Waals surface area contributed by atoms with E-state index in [1.807, 2.05) is 0 Å². The second-order valence-electron chi connectivity index (χ2n) is 4.39. The molecule has 1 aromatic rings. The molecule has 0 saturated heterocycles. The molecule has 2 N–H and O–H groups in total. The summed E-state index contributed by atoms with van der Waals surface area (Å²) in [7, 11) is 0. The fourth-order valence-electron chi connectivity index (χ4n) is 2.09. The predicted octanol–water partition coefficient (Wildman–Crippen LogP) is 2.87. The van der Waals surface area contributed by atoms with Gasteiger partial charge < -0.3 is 5.73 Å². The van der Waals surface area contributed by atoms with Gasteiger partial charge in [0.15, 0.2) is 5.82 Å². The Hall–Kier alpha value is -0.840. The fraction of sp³-hybridized carbons (Fsp3) is 0.636. The summed E-state index contributed by atoms with van der Waals surface area (Å²) in [6.45, 7) is 2.25. The summed E-state index contributed by atoms with van der Waals surface area (Å²) in [5, 5.41) is 0.860. The summed E-state index contributed by atoms with van der Waals surface area (Å²) < 4.78 is 13.4. The van der Waals surface area contributed by atoms with Crippen LogP contribution in [0.1, 0.15) is 32.6 Å². The first kappa shape index (κ1) is 11.6. The van der Waals surface area contributed by atoms with Crippen LogP contribution in [0, 0.1) is 11.7 Å². The van der Waals surface area contributed by atoms with Crippen LogP contribution in [0.4, 0.5) is 10.3 Å². The van der Waals surface area contributed by atoms with Gasteiger partial charge in [0, 0.05) is 5.25 Å². The number of anilines is 1. The Balaban J connectivity index is 2.05. The number of aromatic nitrogens is 2. The number of thioether (sulfide) groups is 1. The number of hydrogen-bond acceptors (Lipinski definition) is 4. The van der Waals surface area contributed by atoms with Gasteiger partial charge in [0.05, 0.1) is 6.20 Å². The maximum atomic E-state index is 13.4.